The second-order valence-electron chi connectivity index (χ2n) is 32.3. The lowest BCUT2D eigenvalue weighted by molar-refractivity contribution is 0.569. The summed E-state index contributed by atoms with van der Waals surface area (Å²) in [5, 5.41) is 4.72. The van der Waals surface area contributed by atoms with Crippen molar-refractivity contribution in [1.29, 1.82) is 0 Å². The third-order valence-electron chi connectivity index (χ3n) is 20.6. The summed E-state index contributed by atoms with van der Waals surface area (Å²) in [4.78, 5) is 5.07. The molecule has 4 heterocycles. The van der Waals surface area contributed by atoms with E-state index >= 15 is 0 Å². The molecule has 2 aliphatic rings. The van der Waals surface area contributed by atoms with Crippen molar-refractivity contribution < 1.29 is 6.85 Å². The lowest BCUT2D eigenvalue weighted by Crippen LogP contribution is -2.61. The van der Waals surface area contributed by atoms with Crippen LogP contribution in [0.4, 0.5) is 34.1 Å². The van der Waals surface area contributed by atoms with Crippen LogP contribution in [0.15, 0.2) is 249 Å². The van der Waals surface area contributed by atoms with Crippen LogP contribution in [0.5, 0.6) is 0 Å². The van der Waals surface area contributed by atoms with Gasteiger partial charge in [-0.1, -0.05) is 286 Å². The summed E-state index contributed by atoms with van der Waals surface area (Å²) in [6, 6.07) is 80.3. The average molecular weight is 1280 g/mol. The molecule has 0 saturated carbocycles. The minimum atomic E-state index is -0.421. The Morgan fingerprint density at radius 1 is 0.320 bits per heavy atom. The highest BCUT2D eigenvalue weighted by Gasteiger charge is 2.45. The van der Waals surface area contributed by atoms with Crippen molar-refractivity contribution >= 4 is 111 Å². The van der Waals surface area contributed by atoms with E-state index in [1.807, 2.05) is 17.4 Å². The van der Waals surface area contributed by atoms with Crippen LogP contribution in [-0.4, -0.2) is 11.3 Å². The number of aromatic nitrogens is 1. The number of benzene rings is 12. The van der Waals surface area contributed by atoms with Gasteiger partial charge < -0.3 is 14.4 Å². The Labute approximate surface area is 585 Å². The van der Waals surface area contributed by atoms with E-state index in [1.54, 1.807) is 0 Å². The fourth-order valence-corrected chi connectivity index (χ4v) is 16.7. The Kier molecular flexibility index (Phi) is 13.1. The summed E-state index contributed by atoms with van der Waals surface area (Å²) in [5.41, 5.74) is 25.4. The third-order valence-corrected chi connectivity index (χ3v) is 21.9. The van der Waals surface area contributed by atoms with Crippen LogP contribution in [0.3, 0.4) is 0 Å². The lowest BCUT2D eigenvalue weighted by Gasteiger charge is -2.45. The third kappa shape index (κ3) is 10.5. The van der Waals surface area contributed by atoms with Gasteiger partial charge in [-0.3, -0.25) is 0 Å². The van der Waals surface area contributed by atoms with Crippen molar-refractivity contribution in [2.45, 2.75) is 131 Å². The van der Waals surface area contributed by atoms with E-state index in [4.69, 9.17) is 4.11 Å². The van der Waals surface area contributed by atoms with Gasteiger partial charge in [0, 0.05) is 54.6 Å². The smallest absolute Gasteiger partial charge is 0.252 e. The molecule has 5 heteroatoms. The van der Waals surface area contributed by atoms with E-state index in [-0.39, 0.29) is 63.5 Å². The van der Waals surface area contributed by atoms with Crippen molar-refractivity contribution in [1.82, 2.24) is 4.57 Å². The highest BCUT2D eigenvalue weighted by atomic mass is 32.1. The van der Waals surface area contributed by atoms with Gasteiger partial charge in [0.2, 0.25) is 0 Å². The molecule has 2 aliphatic heterocycles. The first kappa shape index (κ1) is 56.5. The monoisotopic (exact) mass is 1280 g/mol. The van der Waals surface area contributed by atoms with Gasteiger partial charge >= 0.3 is 0 Å². The topological polar surface area (TPSA) is 11.4 Å². The summed E-state index contributed by atoms with van der Waals surface area (Å²) >= 11 is 1.83. The predicted octanol–water partition coefficient (Wildman–Crippen LogP) is 24.4. The highest BCUT2D eigenvalue weighted by molar-refractivity contribution is 7.26. The number of hydrogen-bond donors (Lipinski definition) is 0. The van der Waals surface area contributed by atoms with Crippen LogP contribution >= 0.6 is 11.3 Å². The Balaban J connectivity index is 1.10. The van der Waals surface area contributed by atoms with E-state index in [1.165, 1.54) is 48.7 Å². The first-order valence-corrected chi connectivity index (χ1v) is 35.2. The number of nitrogens with zero attached hydrogens (tertiary/aromatic N) is 3. The number of anilines is 6. The van der Waals surface area contributed by atoms with E-state index in [9.17, 15) is 2.74 Å². The maximum Gasteiger partial charge on any atom is 0.252 e. The summed E-state index contributed by atoms with van der Waals surface area (Å²) in [6.45, 7) is 34.2. The maximum absolute atomic E-state index is 9.57. The fourth-order valence-electron chi connectivity index (χ4n) is 15.2. The molecule has 0 fully saturated rings. The normalized spacial score (nSPS) is 14.2. The molecule has 0 amide bonds. The predicted molar refractivity (Wildman–Crippen MR) is 423 cm³/mol. The zero-order chi connectivity index (χ0) is 71.8. The van der Waals surface area contributed by atoms with Gasteiger partial charge in [0.1, 0.15) is 0 Å². The van der Waals surface area contributed by atoms with Crippen LogP contribution in [0, 0.1) is 0 Å². The maximum atomic E-state index is 9.57. The molecule has 0 unspecified atom stereocenters. The second kappa shape index (κ2) is 22.4. The Hall–Kier alpha value is -9.68. The molecule has 97 heavy (non-hydrogen) atoms. The molecular formula is C92H86BN3S. The zero-order valence-electron chi connectivity index (χ0n) is 63.6. The van der Waals surface area contributed by atoms with Crippen LogP contribution in [0.1, 0.15) is 139 Å². The first-order chi connectivity index (χ1) is 48.3. The molecule has 0 saturated heterocycles. The van der Waals surface area contributed by atoms with Crippen molar-refractivity contribution in [3.05, 3.63) is 276 Å². The van der Waals surface area contributed by atoms with Crippen LogP contribution in [0.2, 0.25) is 0 Å². The molecular weight excluding hydrogens is 1190 g/mol. The molecule has 14 aromatic rings. The second-order valence-corrected chi connectivity index (χ2v) is 33.3. The number of thiophene rings is 1. The van der Waals surface area contributed by atoms with Crippen LogP contribution in [0.25, 0.3) is 92.2 Å². The zero-order valence-corrected chi connectivity index (χ0v) is 59.4. The van der Waals surface area contributed by atoms with Crippen molar-refractivity contribution in [3.8, 4) is 50.2 Å². The van der Waals surface area contributed by atoms with E-state index in [2.05, 4.69) is 331 Å². The standard InChI is InChI=1S/C92H86BN3S/c1-88(2,3)64-40-45-78-72(53-64)73-54-65(89(4,5)6)41-46-79(73)94(78)68-55-83-85-84(56-68)96(80-36-26-34-70-69-33-25-35-74(92(13,14)15)86(69)97-87(70)80)82-50-61(58-29-21-17-22-30-58)37-42-76(82)93(85)75-43-38-62(63-47-66(90(7,8)9)52-67(48-63)91(10,11)12)51-81(75)95(83)77-44-39-60(57-27-19-16-20-28-57)49-71(77)59-31-23-18-24-32-59/h16-56H,1-15H3/i17D,21D,22D,29D,30D. The Morgan fingerprint density at radius 2 is 0.814 bits per heavy atom. The number of fused-ring (bicyclic) bond motifs is 10. The van der Waals surface area contributed by atoms with Gasteiger partial charge in [0.15, 0.2) is 0 Å². The van der Waals surface area contributed by atoms with Crippen molar-refractivity contribution in [2.24, 2.45) is 0 Å². The molecule has 478 valence electrons. The van der Waals surface area contributed by atoms with Crippen LogP contribution in [-0.2, 0) is 27.1 Å². The van der Waals surface area contributed by atoms with Gasteiger partial charge in [-0.2, -0.15) is 0 Å². The van der Waals surface area contributed by atoms with Crippen LogP contribution < -0.4 is 26.2 Å². The van der Waals surface area contributed by atoms with E-state index in [0.29, 0.717) is 5.56 Å². The largest absolute Gasteiger partial charge is 0.311 e. The number of hydrogen-bond acceptors (Lipinski definition) is 3. The molecule has 0 N–H and O–H groups in total. The quantitative estimate of drug-likeness (QED) is 0.147. The van der Waals surface area contributed by atoms with E-state index < -0.39 is 6.04 Å². The van der Waals surface area contributed by atoms with Crippen molar-refractivity contribution in [2.75, 3.05) is 9.80 Å². The summed E-state index contributed by atoms with van der Waals surface area (Å²) in [7, 11) is 0. The molecule has 12 aromatic carbocycles. The van der Waals surface area contributed by atoms with Gasteiger partial charge in [-0.05, 0) is 177 Å². The molecule has 0 aliphatic carbocycles. The summed E-state index contributed by atoms with van der Waals surface area (Å²) < 4.78 is 50.9. The minimum absolute atomic E-state index is 0.125. The van der Waals surface area contributed by atoms with Gasteiger partial charge in [-0.15, -0.1) is 11.3 Å². The summed E-state index contributed by atoms with van der Waals surface area (Å²) in [5.74, 6) is 0. The Bertz CT molecular complexity index is 5680. The fraction of sp³-hybridized carbons (Fsp3) is 0.217. The molecule has 2 aromatic heterocycles. The molecule has 16 rings (SSSR count). The molecule has 0 atom stereocenters. The molecule has 0 bridgehead atoms. The van der Waals surface area contributed by atoms with Gasteiger partial charge in [0.25, 0.3) is 6.71 Å². The average Bonchev–Trinajstić information content (AvgIpc) is 0.892. The number of rotatable bonds is 7. The van der Waals surface area contributed by atoms with Gasteiger partial charge in [-0.25, -0.2) is 0 Å². The molecule has 0 radical (unpaired) electrons. The SMILES string of the molecule is [2H]c1c([2H])c([2H])c(-c2ccc3c(c2)N(c2cccc4c2sc2c(C(C)(C)C)cccc24)c2cc(-n4c5ccc(C(C)(C)C)cc5c5cc(C(C)(C)C)ccc54)cc4c2B3c2ccc(-c3cc(C(C)(C)C)cc(C(C)(C)C)c3)cc2N4c2ccc(-c3ccccc3)cc2-c2ccccc2)c([2H])c1[2H]. The Morgan fingerprint density at radius 3 is 1.36 bits per heavy atom. The van der Waals surface area contributed by atoms with Crippen molar-refractivity contribution in [3.63, 3.8) is 0 Å². The summed E-state index contributed by atoms with van der Waals surface area (Å²) in [6.07, 6.45) is 0. The van der Waals surface area contributed by atoms with Gasteiger partial charge in [0.05, 0.1) is 39.6 Å². The first-order valence-electron chi connectivity index (χ1n) is 36.9. The lowest BCUT2D eigenvalue weighted by atomic mass is 9.33. The van der Waals surface area contributed by atoms with E-state index in [0.717, 1.165) is 111 Å². The highest BCUT2D eigenvalue weighted by Crippen LogP contribution is 2.53. The minimum Gasteiger partial charge on any atom is -0.311 e. The molecule has 0 spiro atoms. The molecule has 3 nitrogen and oxygen atoms in total.